The zero-order chi connectivity index (χ0) is 31.1. The standard InChI is InChI=1S/C33H32ClF3N4O2S/c34-22-5-12-27(13-6-22)44-19-26-16-39-15-25(43-26)11-14-28-29(37)17-40-18-30(28)41-33(42)32(38)31(20-1-7-23(35)8-2-20)21-3-9-24(36)10-4-21/h1-10,12-13,17-18,25-26,31-32,39H,11,14-16,19,38H2,(H,41,42). The Labute approximate surface area is 263 Å². The minimum atomic E-state index is -1.16. The van der Waals surface area contributed by atoms with Crippen molar-refractivity contribution >= 4 is 35.0 Å². The summed E-state index contributed by atoms with van der Waals surface area (Å²) in [7, 11) is 0. The second kappa shape index (κ2) is 15.0. The third kappa shape index (κ3) is 8.40. The predicted molar refractivity (Wildman–Crippen MR) is 167 cm³/mol. The van der Waals surface area contributed by atoms with Crippen molar-refractivity contribution < 1.29 is 22.7 Å². The van der Waals surface area contributed by atoms with Gasteiger partial charge in [0.2, 0.25) is 5.91 Å². The molecule has 1 amide bonds. The van der Waals surface area contributed by atoms with E-state index >= 15 is 4.39 Å². The number of anilines is 1. The van der Waals surface area contributed by atoms with E-state index in [9.17, 15) is 13.6 Å². The Hall–Kier alpha value is -3.41. The highest BCUT2D eigenvalue weighted by atomic mass is 35.5. The molecule has 0 radical (unpaired) electrons. The summed E-state index contributed by atoms with van der Waals surface area (Å²) < 4.78 is 48.7. The molecule has 5 rings (SSSR count). The maximum Gasteiger partial charge on any atom is 0.242 e. The van der Waals surface area contributed by atoms with Gasteiger partial charge >= 0.3 is 0 Å². The number of pyridine rings is 1. The molecule has 2 heterocycles. The average Bonchev–Trinajstić information content (AvgIpc) is 3.02. The van der Waals surface area contributed by atoms with Gasteiger partial charge in [0.05, 0.1) is 36.3 Å². The number of aromatic nitrogens is 1. The molecule has 4 aromatic rings. The number of nitrogens with one attached hydrogen (secondary N) is 2. The third-order valence-electron chi connectivity index (χ3n) is 7.48. The van der Waals surface area contributed by atoms with E-state index < -0.39 is 35.3 Å². The van der Waals surface area contributed by atoms with Crippen molar-refractivity contribution in [2.24, 2.45) is 5.73 Å². The Balaban J connectivity index is 1.25. The first-order chi connectivity index (χ1) is 21.3. The topological polar surface area (TPSA) is 89.3 Å². The van der Waals surface area contributed by atoms with Gasteiger partial charge in [0, 0.05) is 40.2 Å². The maximum absolute atomic E-state index is 15.0. The first kappa shape index (κ1) is 32.0. The molecule has 0 saturated carbocycles. The molecule has 3 atom stereocenters. The lowest BCUT2D eigenvalue weighted by molar-refractivity contribution is -0.117. The first-order valence-electron chi connectivity index (χ1n) is 14.2. The van der Waals surface area contributed by atoms with Crippen molar-refractivity contribution in [1.29, 1.82) is 0 Å². The number of ether oxygens (including phenoxy) is 1. The monoisotopic (exact) mass is 640 g/mol. The molecule has 1 saturated heterocycles. The fourth-order valence-electron chi connectivity index (χ4n) is 5.21. The molecule has 11 heteroatoms. The first-order valence-corrected chi connectivity index (χ1v) is 15.6. The molecule has 3 aromatic carbocycles. The van der Waals surface area contributed by atoms with Crippen LogP contribution in [0.15, 0.2) is 90.1 Å². The molecule has 44 heavy (non-hydrogen) atoms. The van der Waals surface area contributed by atoms with Crippen molar-refractivity contribution in [2.45, 2.75) is 41.9 Å². The van der Waals surface area contributed by atoms with Crippen LogP contribution in [0.3, 0.4) is 0 Å². The number of halogens is 4. The van der Waals surface area contributed by atoms with Crippen molar-refractivity contribution in [3.63, 3.8) is 0 Å². The van der Waals surface area contributed by atoms with E-state index in [0.717, 1.165) is 16.8 Å². The Morgan fingerprint density at radius 1 is 0.955 bits per heavy atom. The van der Waals surface area contributed by atoms with Crippen LogP contribution in [0.4, 0.5) is 18.9 Å². The highest BCUT2D eigenvalue weighted by molar-refractivity contribution is 7.99. The summed E-state index contributed by atoms with van der Waals surface area (Å²) in [5, 5.41) is 6.83. The predicted octanol–water partition coefficient (Wildman–Crippen LogP) is 6.33. The van der Waals surface area contributed by atoms with Crippen LogP contribution in [-0.4, -0.2) is 48.0 Å². The fraction of sp³-hybridized carbons (Fsp3) is 0.273. The van der Waals surface area contributed by atoms with Gasteiger partial charge in [-0.2, -0.15) is 0 Å². The van der Waals surface area contributed by atoms with Crippen molar-refractivity contribution in [3.8, 4) is 0 Å². The lowest BCUT2D eigenvalue weighted by atomic mass is 9.85. The van der Waals surface area contributed by atoms with Crippen LogP contribution >= 0.6 is 23.4 Å². The SMILES string of the molecule is NC(C(=O)Nc1cncc(F)c1CCC1CNCC(CSc2ccc(Cl)cc2)O1)C(c1ccc(F)cc1)c1ccc(F)cc1. The summed E-state index contributed by atoms with van der Waals surface area (Å²) in [5.41, 5.74) is 8.12. The molecular weight excluding hydrogens is 609 g/mol. The van der Waals surface area contributed by atoms with Gasteiger partial charge in [-0.25, -0.2) is 13.2 Å². The Morgan fingerprint density at radius 3 is 2.20 bits per heavy atom. The molecule has 3 unspecified atom stereocenters. The summed E-state index contributed by atoms with van der Waals surface area (Å²) in [6.07, 6.45) is 3.12. The molecule has 0 bridgehead atoms. The minimum Gasteiger partial charge on any atom is -0.371 e. The number of hydrogen-bond acceptors (Lipinski definition) is 6. The summed E-state index contributed by atoms with van der Waals surface area (Å²) in [6, 6.07) is 17.7. The molecule has 1 aliphatic rings. The fourth-order valence-corrected chi connectivity index (χ4v) is 6.23. The summed E-state index contributed by atoms with van der Waals surface area (Å²) in [4.78, 5) is 18.5. The summed E-state index contributed by atoms with van der Waals surface area (Å²) in [5.74, 6) is -1.99. The molecule has 0 spiro atoms. The van der Waals surface area contributed by atoms with Crippen LogP contribution in [0.5, 0.6) is 0 Å². The van der Waals surface area contributed by atoms with E-state index in [2.05, 4.69) is 15.6 Å². The number of nitrogens with two attached hydrogens (primary N) is 1. The Morgan fingerprint density at radius 2 is 1.57 bits per heavy atom. The van der Waals surface area contributed by atoms with E-state index in [1.54, 1.807) is 11.8 Å². The minimum absolute atomic E-state index is 0.0243. The van der Waals surface area contributed by atoms with E-state index in [0.29, 0.717) is 47.6 Å². The van der Waals surface area contributed by atoms with Gasteiger partial charge in [0.25, 0.3) is 0 Å². The normalized spacial score (nSPS) is 17.4. The van der Waals surface area contributed by atoms with E-state index in [1.165, 1.54) is 54.7 Å². The molecule has 6 nitrogen and oxygen atoms in total. The molecule has 1 fully saturated rings. The molecule has 1 aliphatic heterocycles. The van der Waals surface area contributed by atoms with Crippen molar-refractivity contribution in [2.75, 3.05) is 24.2 Å². The van der Waals surface area contributed by atoms with Crippen molar-refractivity contribution in [3.05, 3.63) is 124 Å². The van der Waals surface area contributed by atoms with Gasteiger partial charge < -0.3 is 21.1 Å². The number of morpholine rings is 1. The number of amides is 1. The highest BCUT2D eigenvalue weighted by Gasteiger charge is 2.29. The van der Waals surface area contributed by atoms with E-state index in [-0.39, 0.29) is 17.9 Å². The van der Waals surface area contributed by atoms with Crippen LogP contribution in [0.2, 0.25) is 5.02 Å². The Kier molecular flexibility index (Phi) is 10.9. The van der Waals surface area contributed by atoms with Crippen LogP contribution in [0.25, 0.3) is 0 Å². The van der Waals surface area contributed by atoms with Crippen LogP contribution in [0.1, 0.15) is 29.0 Å². The summed E-state index contributed by atoms with van der Waals surface area (Å²) in [6.45, 7) is 1.33. The lowest BCUT2D eigenvalue weighted by Crippen LogP contribution is -2.46. The molecule has 230 valence electrons. The number of thioether (sulfide) groups is 1. The van der Waals surface area contributed by atoms with Crippen molar-refractivity contribution in [1.82, 2.24) is 10.3 Å². The number of hydrogen-bond donors (Lipinski definition) is 3. The number of nitrogens with zero attached hydrogens (tertiary/aromatic N) is 1. The average molecular weight is 641 g/mol. The molecule has 1 aromatic heterocycles. The van der Waals surface area contributed by atoms with Gasteiger partial charge in [-0.15, -0.1) is 11.8 Å². The van der Waals surface area contributed by atoms with Gasteiger partial charge in [0.1, 0.15) is 17.5 Å². The molecular formula is C33H32ClF3N4O2S. The van der Waals surface area contributed by atoms with Gasteiger partial charge in [-0.3, -0.25) is 9.78 Å². The largest absolute Gasteiger partial charge is 0.371 e. The lowest BCUT2D eigenvalue weighted by Gasteiger charge is -2.31. The summed E-state index contributed by atoms with van der Waals surface area (Å²) >= 11 is 7.66. The quantitative estimate of drug-likeness (QED) is 0.166. The van der Waals surface area contributed by atoms with Gasteiger partial charge in [0.15, 0.2) is 0 Å². The maximum atomic E-state index is 15.0. The second-order valence-corrected chi connectivity index (χ2v) is 12.1. The number of carbonyl (C=O) groups is 1. The van der Waals surface area contributed by atoms with Gasteiger partial charge in [-0.1, -0.05) is 35.9 Å². The van der Waals surface area contributed by atoms with E-state index in [1.807, 2.05) is 24.3 Å². The second-order valence-electron chi connectivity index (χ2n) is 10.6. The van der Waals surface area contributed by atoms with Crippen LogP contribution in [-0.2, 0) is 16.0 Å². The zero-order valence-corrected chi connectivity index (χ0v) is 25.3. The number of rotatable bonds is 11. The number of carbonyl (C=O) groups excluding carboxylic acids is 1. The smallest absolute Gasteiger partial charge is 0.242 e. The van der Waals surface area contributed by atoms with Crippen LogP contribution < -0.4 is 16.4 Å². The molecule has 4 N–H and O–H groups in total. The number of benzene rings is 3. The molecule has 0 aliphatic carbocycles. The zero-order valence-electron chi connectivity index (χ0n) is 23.7. The highest BCUT2D eigenvalue weighted by Crippen LogP contribution is 2.30. The third-order valence-corrected chi connectivity index (χ3v) is 8.87. The van der Waals surface area contributed by atoms with E-state index in [4.69, 9.17) is 22.1 Å². The Bertz CT molecular complexity index is 1500. The van der Waals surface area contributed by atoms with Gasteiger partial charge in [-0.05, 0) is 72.5 Å². The van der Waals surface area contributed by atoms with Crippen LogP contribution in [0, 0.1) is 17.5 Å².